The van der Waals surface area contributed by atoms with Gasteiger partial charge in [0.2, 0.25) is 0 Å². The van der Waals surface area contributed by atoms with E-state index in [1.807, 2.05) is 42.1 Å². The summed E-state index contributed by atoms with van der Waals surface area (Å²) < 4.78 is 3.51. The van der Waals surface area contributed by atoms with Crippen LogP contribution in [0.1, 0.15) is 17.7 Å². The van der Waals surface area contributed by atoms with Gasteiger partial charge in [0.05, 0.1) is 24.1 Å². The summed E-state index contributed by atoms with van der Waals surface area (Å²) in [5.41, 5.74) is 2.62. The van der Waals surface area contributed by atoms with Crippen molar-refractivity contribution in [2.75, 3.05) is 11.9 Å². The Morgan fingerprint density at radius 2 is 2.07 bits per heavy atom. The van der Waals surface area contributed by atoms with Gasteiger partial charge in [0.15, 0.2) is 5.11 Å². The molecular formula is C18H19Cl3N6S. The zero-order valence-corrected chi connectivity index (χ0v) is 18.2. The van der Waals surface area contributed by atoms with E-state index in [-0.39, 0.29) is 0 Å². The molecule has 3 aromatic rings. The molecule has 0 bridgehead atoms. The predicted octanol–water partition coefficient (Wildman–Crippen LogP) is 4.77. The number of hydrogen-bond acceptors (Lipinski definition) is 3. The van der Waals surface area contributed by atoms with Crippen LogP contribution in [0.15, 0.2) is 36.7 Å². The molecule has 0 aliphatic rings. The summed E-state index contributed by atoms with van der Waals surface area (Å²) in [5.74, 6) is 0. The Hall–Kier alpha value is -1.80. The summed E-state index contributed by atoms with van der Waals surface area (Å²) in [6.07, 6.45) is 4.42. The number of thiocarbonyl (C=S) groups is 1. The number of nitrogens with one attached hydrogen (secondary N) is 2. The molecule has 10 heteroatoms. The topological polar surface area (TPSA) is 59.7 Å². The lowest BCUT2D eigenvalue weighted by Gasteiger charge is -2.09. The molecule has 148 valence electrons. The largest absolute Gasteiger partial charge is 0.362 e. The molecule has 2 aromatic heterocycles. The van der Waals surface area contributed by atoms with E-state index >= 15 is 0 Å². The van der Waals surface area contributed by atoms with Crippen molar-refractivity contribution in [3.05, 3.63) is 63.1 Å². The van der Waals surface area contributed by atoms with Gasteiger partial charge in [-0.25, -0.2) is 0 Å². The molecular weight excluding hydrogens is 439 g/mol. The minimum absolute atomic E-state index is 0.465. The molecule has 0 aliphatic heterocycles. The van der Waals surface area contributed by atoms with Gasteiger partial charge in [-0.1, -0.05) is 46.9 Å². The predicted molar refractivity (Wildman–Crippen MR) is 119 cm³/mol. The molecule has 0 spiro atoms. The van der Waals surface area contributed by atoms with Crippen LogP contribution in [0.3, 0.4) is 0 Å². The van der Waals surface area contributed by atoms with Crippen LogP contribution in [0.25, 0.3) is 0 Å². The quantitative estimate of drug-likeness (QED) is 0.395. The van der Waals surface area contributed by atoms with Gasteiger partial charge < -0.3 is 10.6 Å². The lowest BCUT2D eigenvalue weighted by atomic mass is 10.2. The first-order chi connectivity index (χ1) is 13.4. The number of aryl methyl sites for hydroxylation is 2. The summed E-state index contributed by atoms with van der Waals surface area (Å²) >= 11 is 23.5. The van der Waals surface area contributed by atoms with Crippen LogP contribution in [-0.4, -0.2) is 31.2 Å². The average molecular weight is 458 g/mol. The Labute approximate surface area is 183 Å². The minimum atomic E-state index is 0.465. The summed E-state index contributed by atoms with van der Waals surface area (Å²) in [4.78, 5) is 0. The fraction of sp³-hybridized carbons (Fsp3) is 0.278. The average Bonchev–Trinajstić information content (AvgIpc) is 3.18. The maximum atomic E-state index is 6.13. The molecule has 0 aliphatic carbocycles. The number of rotatable bonds is 7. The molecule has 6 nitrogen and oxygen atoms in total. The Balaban J connectivity index is 1.42. The van der Waals surface area contributed by atoms with Crippen molar-refractivity contribution in [2.24, 2.45) is 0 Å². The van der Waals surface area contributed by atoms with Crippen LogP contribution in [-0.2, 0) is 13.1 Å². The van der Waals surface area contributed by atoms with Crippen LogP contribution in [0.4, 0.5) is 5.69 Å². The highest BCUT2D eigenvalue weighted by Crippen LogP contribution is 2.24. The molecule has 0 fully saturated rings. The van der Waals surface area contributed by atoms with E-state index in [4.69, 9.17) is 47.0 Å². The van der Waals surface area contributed by atoms with Gasteiger partial charge in [-0.3, -0.25) is 9.36 Å². The zero-order chi connectivity index (χ0) is 20.1. The van der Waals surface area contributed by atoms with Crippen LogP contribution in [0, 0.1) is 6.92 Å². The molecule has 0 saturated heterocycles. The standard InChI is InChI=1S/C18H19Cl3N6S/c1-12-16(20)17(21)27(25-12)7-3-6-22-18(28)24-15-9-23-26(11-15)10-13-4-2-5-14(19)8-13/h2,4-5,8-9,11H,3,6-7,10H2,1H3,(H2,22,24,28). The first kappa shape index (κ1) is 20.9. The summed E-state index contributed by atoms with van der Waals surface area (Å²) in [7, 11) is 0. The molecule has 0 radical (unpaired) electrons. The molecule has 28 heavy (non-hydrogen) atoms. The first-order valence-corrected chi connectivity index (χ1v) is 10.2. The van der Waals surface area contributed by atoms with E-state index in [0.717, 1.165) is 23.4 Å². The lowest BCUT2D eigenvalue weighted by Crippen LogP contribution is -2.29. The second-order valence-electron chi connectivity index (χ2n) is 6.20. The molecule has 0 unspecified atom stereocenters. The van der Waals surface area contributed by atoms with Gasteiger partial charge in [-0.05, 0) is 43.3 Å². The molecule has 3 rings (SSSR count). The van der Waals surface area contributed by atoms with Gasteiger partial charge in [-0.15, -0.1) is 0 Å². The smallest absolute Gasteiger partial charge is 0.170 e. The normalized spacial score (nSPS) is 10.9. The van der Waals surface area contributed by atoms with Gasteiger partial charge in [0, 0.05) is 24.3 Å². The van der Waals surface area contributed by atoms with Gasteiger partial charge >= 0.3 is 0 Å². The monoisotopic (exact) mass is 456 g/mol. The van der Waals surface area contributed by atoms with Gasteiger partial charge in [0.1, 0.15) is 10.2 Å². The van der Waals surface area contributed by atoms with E-state index in [9.17, 15) is 0 Å². The highest BCUT2D eigenvalue weighted by atomic mass is 35.5. The van der Waals surface area contributed by atoms with E-state index < -0.39 is 0 Å². The fourth-order valence-corrected chi connectivity index (χ4v) is 3.45. The second-order valence-corrected chi connectivity index (χ2v) is 7.78. The SMILES string of the molecule is Cc1nn(CCCNC(=S)Nc2cnn(Cc3cccc(Cl)c3)c2)c(Cl)c1Cl. The van der Waals surface area contributed by atoms with Gasteiger partial charge in [-0.2, -0.15) is 10.2 Å². The first-order valence-electron chi connectivity index (χ1n) is 8.62. The van der Waals surface area contributed by atoms with E-state index in [1.165, 1.54) is 0 Å². The molecule has 1 aromatic carbocycles. The van der Waals surface area contributed by atoms with Crippen molar-refractivity contribution in [2.45, 2.75) is 26.4 Å². The van der Waals surface area contributed by atoms with Crippen LogP contribution < -0.4 is 10.6 Å². The van der Waals surface area contributed by atoms with Crippen molar-refractivity contribution >= 4 is 57.8 Å². The summed E-state index contributed by atoms with van der Waals surface area (Å²) in [6.45, 7) is 3.79. The number of benzene rings is 1. The van der Waals surface area contributed by atoms with Crippen molar-refractivity contribution < 1.29 is 0 Å². The summed E-state index contributed by atoms with van der Waals surface area (Å²) in [6, 6.07) is 7.70. The molecule has 2 heterocycles. The molecule has 0 amide bonds. The third-order valence-corrected chi connectivity index (χ3v) is 5.37. The number of anilines is 1. The van der Waals surface area contributed by atoms with Crippen LogP contribution in [0.2, 0.25) is 15.2 Å². The van der Waals surface area contributed by atoms with Gasteiger partial charge in [0.25, 0.3) is 0 Å². The van der Waals surface area contributed by atoms with E-state index in [0.29, 0.717) is 39.9 Å². The molecule has 0 atom stereocenters. The number of hydrogen-bond donors (Lipinski definition) is 2. The molecule has 0 saturated carbocycles. The minimum Gasteiger partial charge on any atom is -0.362 e. The fourth-order valence-electron chi connectivity index (χ4n) is 2.62. The van der Waals surface area contributed by atoms with E-state index in [1.54, 1.807) is 10.9 Å². The second kappa shape index (κ2) is 9.60. The zero-order valence-electron chi connectivity index (χ0n) is 15.1. The van der Waals surface area contributed by atoms with Crippen molar-refractivity contribution in [1.29, 1.82) is 0 Å². The van der Waals surface area contributed by atoms with Crippen LogP contribution >= 0.6 is 47.0 Å². The summed E-state index contributed by atoms with van der Waals surface area (Å²) in [5, 5.41) is 17.1. The maximum absolute atomic E-state index is 6.13. The number of aromatic nitrogens is 4. The third-order valence-electron chi connectivity index (χ3n) is 3.95. The van der Waals surface area contributed by atoms with E-state index in [2.05, 4.69) is 20.8 Å². The molecule has 2 N–H and O–H groups in total. The van der Waals surface area contributed by atoms with Crippen molar-refractivity contribution in [3.63, 3.8) is 0 Å². The third kappa shape index (κ3) is 5.61. The number of nitrogens with zero attached hydrogens (tertiary/aromatic N) is 4. The lowest BCUT2D eigenvalue weighted by molar-refractivity contribution is 0.571. The van der Waals surface area contributed by atoms with Crippen LogP contribution in [0.5, 0.6) is 0 Å². The Kier molecular flexibility index (Phi) is 7.18. The highest BCUT2D eigenvalue weighted by Gasteiger charge is 2.10. The highest BCUT2D eigenvalue weighted by molar-refractivity contribution is 7.80. The van der Waals surface area contributed by atoms with Crippen molar-refractivity contribution in [3.8, 4) is 0 Å². The Bertz CT molecular complexity index is 968. The van der Waals surface area contributed by atoms with Crippen molar-refractivity contribution in [1.82, 2.24) is 24.9 Å². The maximum Gasteiger partial charge on any atom is 0.170 e. The Morgan fingerprint density at radius 1 is 1.25 bits per heavy atom. The number of halogens is 3. The Morgan fingerprint density at radius 3 is 2.79 bits per heavy atom.